The Morgan fingerprint density at radius 3 is 2.50 bits per heavy atom. The highest BCUT2D eigenvalue weighted by atomic mass is 127. The molecule has 0 aliphatic carbocycles. The molecule has 6 rings (SSSR count). The van der Waals surface area contributed by atoms with Crippen molar-refractivity contribution in [3.05, 3.63) is 115 Å². The molecule has 1 saturated heterocycles. The Kier molecular flexibility index (Phi) is 8.88. The zero-order valence-electron chi connectivity index (χ0n) is 25.8. The molecule has 13 heteroatoms. The van der Waals surface area contributed by atoms with Gasteiger partial charge in [0, 0.05) is 45.5 Å². The van der Waals surface area contributed by atoms with E-state index in [2.05, 4.69) is 32.9 Å². The van der Waals surface area contributed by atoms with Crippen molar-refractivity contribution in [1.82, 2.24) is 15.0 Å². The van der Waals surface area contributed by atoms with Crippen molar-refractivity contribution in [2.24, 2.45) is 5.92 Å². The van der Waals surface area contributed by atoms with E-state index in [0.29, 0.717) is 29.9 Å². The van der Waals surface area contributed by atoms with Crippen LogP contribution in [0.2, 0.25) is 18.6 Å². The Balaban J connectivity index is 1.33. The van der Waals surface area contributed by atoms with Crippen LogP contribution < -0.4 is 4.90 Å². The van der Waals surface area contributed by atoms with Gasteiger partial charge in [-0.3, -0.25) is 19.6 Å². The number of nitro groups is 1. The highest BCUT2D eigenvalue weighted by Crippen LogP contribution is 2.60. The molecule has 1 unspecified atom stereocenters. The SMILES string of the molecule is C[C@@H]1[C@@H]([Si](C)(C)O)[C@H](CCn2cc(C(CO)c3ccccc3)nn2)O[C@@]12C(=O)N(Cc1ccc(I)cc1)c1ccc([N+](=O)[O-])cc12. The second-order valence-corrected chi connectivity index (χ2v) is 17.9. The molecule has 240 valence electrons. The molecule has 46 heavy (non-hydrogen) atoms. The summed E-state index contributed by atoms with van der Waals surface area (Å²) in [6.07, 6.45) is 1.72. The summed E-state index contributed by atoms with van der Waals surface area (Å²) < 4.78 is 9.61. The molecular formula is C33H36IN5O6Si. The second kappa shape index (κ2) is 12.6. The largest absolute Gasteiger partial charge is 0.432 e. The number of nitrogens with zero attached hydrogens (tertiary/aromatic N) is 5. The van der Waals surface area contributed by atoms with E-state index in [1.54, 1.807) is 21.8 Å². The van der Waals surface area contributed by atoms with E-state index in [4.69, 9.17) is 4.74 Å². The zero-order chi connectivity index (χ0) is 32.8. The van der Waals surface area contributed by atoms with Crippen molar-refractivity contribution in [2.45, 2.75) is 62.7 Å². The smallest absolute Gasteiger partial charge is 0.269 e. The van der Waals surface area contributed by atoms with Gasteiger partial charge >= 0.3 is 0 Å². The summed E-state index contributed by atoms with van der Waals surface area (Å²) in [4.78, 5) is 39.3. The van der Waals surface area contributed by atoms with Gasteiger partial charge in [0.2, 0.25) is 0 Å². The zero-order valence-corrected chi connectivity index (χ0v) is 28.9. The number of aryl methyl sites for hydroxylation is 1. The van der Waals surface area contributed by atoms with Crippen molar-refractivity contribution in [2.75, 3.05) is 11.5 Å². The van der Waals surface area contributed by atoms with Gasteiger partial charge in [-0.2, -0.15) is 0 Å². The molecule has 0 bridgehead atoms. The van der Waals surface area contributed by atoms with E-state index in [0.717, 1.165) is 14.7 Å². The quantitative estimate of drug-likeness (QED) is 0.0956. The first-order valence-corrected chi connectivity index (χ1v) is 19.4. The number of carbonyl (C=O) groups is 1. The van der Waals surface area contributed by atoms with Crippen LogP contribution >= 0.6 is 22.6 Å². The Morgan fingerprint density at radius 1 is 1.13 bits per heavy atom. The second-order valence-electron chi connectivity index (χ2n) is 12.7. The highest BCUT2D eigenvalue weighted by molar-refractivity contribution is 14.1. The number of anilines is 1. The van der Waals surface area contributed by atoms with Gasteiger partial charge in [0.15, 0.2) is 13.9 Å². The predicted octanol–water partition coefficient (Wildman–Crippen LogP) is 5.35. The first-order chi connectivity index (χ1) is 21.9. The fourth-order valence-electron chi connectivity index (χ4n) is 7.28. The fourth-order valence-corrected chi connectivity index (χ4v) is 10.2. The number of hydrogen-bond acceptors (Lipinski definition) is 8. The van der Waals surface area contributed by atoms with E-state index in [-0.39, 0.29) is 36.2 Å². The van der Waals surface area contributed by atoms with Crippen LogP contribution in [0.4, 0.5) is 11.4 Å². The van der Waals surface area contributed by atoms with Gasteiger partial charge in [0.05, 0.1) is 41.5 Å². The molecule has 0 saturated carbocycles. The average molecular weight is 754 g/mol. The van der Waals surface area contributed by atoms with Gasteiger partial charge in [-0.15, -0.1) is 5.10 Å². The number of ether oxygens (including phenoxy) is 1. The number of benzene rings is 3. The molecule has 1 fully saturated rings. The van der Waals surface area contributed by atoms with Gasteiger partial charge in [-0.05, 0) is 71.4 Å². The van der Waals surface area contributed by atoms with Crippen molar-refractivity contribution in [1.29, 1.82) is 0 Å². The Bertz CT molecular complexity index is 1750. The third-order valence-corrected chi connectivity index (χ3v) is 12.6. The molecule has 11 nitrogen and oxygen atoms in total. The summed E-state index contributed by atoms with van der Waals surface area (Å²) in [5.74, 6) is -1.06. The topological polar surface area (TPSA) is 144 Å². The number of carbonyl (C=O) groups excluding carboxylic acids is 1. The van der Waals surface area contributed by atoms with Crippen molar-refractivity contribution in [3.63, 3.8) is 0 Å². The van der Waals surface area contributed by atoms with Gasteiger partial charge in [-0.25, -0.2) is 0 Å². The van der Waals surface area contributed by atoms with Gasteiger partial charge in [0.1, 0.15) is 0 Å². The number of aromatic nitrogens is 3. The summed E-state index contributed by atoms with van der Waals surface area (Å²) in [5, 5.41) is 30.6. The van der Waals surface area contributed by atoms with Crippen LogP contribution in [0.25, 0.3) is 0 Å². The lowest BCUT2D eigenvalue weighted by atomic mass is 9.82. The summed E-state index contributed by atoms with van der Waals surface area (Å²) in [7, 11) is -2.94. The summed E-state index contributed by atoms with van der Waals surface area (Å²) in [6, 6.07) is 22.0. The molecule has 1 spiro atoms. The van der Waals surface area contributed by atoms with Crippen LogP contribution in [-0.2, 0) is 28.2 Å². The highest BCUT2D eigenvalue weighted by Gasteiger charge is 2.66. The third-order valence-electron chi connectivity index (χ3n) is 9.37. The molecule has 2 aliphatic rings. The van der Waals surface area contributed by atoms with Gasteiger partial charge < -0.3 is 19.5 Å². The fraction of sp³-hybridized carbons (Fsp3) is 0.364. The minimum Gasteiger partial charge on any atom is -0.432 e. The normalized spacial score (nSPS) is 23.2. The lowest BCUT2D eigenvalue weighted by molar-refractivity contribution is -0.385. The standard InChI is InChI=1S/C33H36IN5O6Si/c1-21-31(46(2,3)44)30(15-16-37-19-28(35-36-37)26(20-40)23-7-5-4-6-8-23)45-33(21)27-17-25(39(42)43)13-14-29(27)38(32(33)41)18-22-9-11-24(34)12-10-22/h4-14,17,19,21,26,30-31,40,44H,15-16,18,20H2,1-3H3/t21-,26?,30+,31-,33+/m1/s1. The maximum Gasteiger partial charge on any atom is 0.269 e. The molecule has 2 aliphatic heterocycles. The number of aliphatic hydroxyl groups is 1. The first-order valence-electron chi connectivity index (χ1n) is 15.3. The first kappa shape index (κ1) is 32.4. The maximum absolute atomic E-state index is 14.6. The summed E-state index contributed by atoms with van der Waals surface area (Å²) in [5.41, 5.74) is 1.58. The molecule has 2 N–H and O–H groups in total. The molecular weight excluding hydrogens is 717 g/mol. The third kappa shape index (κ3) is 5.79. The number of non-ortho nitro benzene ring substituents is 1. The number of rotatable bonds is 10. The van der Waals surface area contributed by atoms with E-state index < -0.39 is 30.9 Å². The van der Waals surface area contributed by atoms with Gasteiger partial charge in [0.25, 0.3) is 11.6 Å². The maximum atomic E-state index is 14.6. The minimum atomic E-state index is -2.94. The van der Waals surface area contributed by atoms with Crippen LogP contribution in [0.1, 0.15) is 41.6 Å². The molecule has 3 heterocycles. The van der Waals surface area contributed by atoms with E-state index in [9.17, 15) is 24.8 Å². The van der Waals surface area contributed by atoms with Gasteiger partial charge in [-0.1, -0.05) is 54.6 Å². The Hall–Kier alpha value is -3.50. The lowest BCUT2D eigenvalue weighted by Crippen LogP contribution is -2.46. The Morgan fingerprint density at radius 2 is 1.85 bits per heavy atom. The molecule has 1 aromatic heterocycles. The minimum absolute atomic E-state index is 0.118. The molecule has 1 amide bonds. The Labute approximate surface area is 281 Å². The molecule has 3 aromatic carbocycles. The molecule has 4 aromatic rings. The van der Waals surface area contributed by atoms with Crippen LogP contribution in [0, 0.1) is 19.6 Å². The molecule has 5 atom stereocenters. The van der Waals surface area contributed by atoms with E-state index >= 15 is 0 Å². The number of halogens is 1. The number of nitro benzene ring substituents is 1. The molecule has 0 radical (unpaired) electrons. The number of fused-ring (bicyclic) bond motifs is 2. The number of amides is 1. The van der Waals surface area contributed by atoms with Crippen molar-refractivity contribution in [3.8, 4) is 0 Å². The van der Waals surface area contributed by atoms with Crippen molar-refractivity contribution >= 4 is 48.2 Å². The summed E-state index contributed by atoms with van der Waals surface area (Å²) >= 11 is 2.23. The predicted molar refractivity (Wildman–Crippen MR) is 183 cm³/mol. The van der Waals surface area contributed by atoms with E-state index in [1.165, 1.54) is 12.1 Å². The van der Waals surface area contributed by atoms with Crippen LogP contribution in [0.15, 0.2) is 79.0 Å². The average Bonchev–Trinajstić information content (AvgIpc) is 3.68. The summed E-state index contributed by atoms with van der Waals surface area (Å²) in [6.45, 7) is 6.18. The van der Waals surface area contributed by atoms with Crippen molar-refractivity contribution < 1.29 is 24.4 Å². The number of aliphatic hydroxyl groups excluding tert-OH is 1. The number of hydrogen-bond donors (Lipinski definition) is 2. The van der Waals surface area contributed by atoms with E-state index in [1.807, 2.05) is 74.6 Å². The van der Waals surface area contributed by atoms with Crippen LogP contribution in [0.5, 0.6) is 0 Å². The monoisotopic (exact) mass is 753 g/mol. The van der Waals surface area contributed by atoms with Crippen LogP contribution in [-0.4, -0.2) is 56.8 Å². The van der Waals surface area contributed by atoms with Crippen LogP contribution in [0.3, 0.4) is 0 Å². The lowest BCUT2D eigenvalue weighted by Gasteiger charge is -2.32.